The largest absolute Gasteiger partial charge is 0.340 e. The Morgan fingerprint density at radius 3 is 2.76 bits per heavy atom. The van der Waals surface area contributed by atoms with Gasteiger partial charge in [0.1, 0.15) is 0 Å². The van der Waals surface area contributed by atoms with Gasteiger partial charge in [-0.2, -0.15) is 9.97 Å². The smallest absolute Gasteiger partial charge is 0.229 e. The van der Waals surface area contributed by atoms with Gasteiger partial charge in [0, 0.05) is 25.3 Å². The van der Waals surface area contributed by atoms with Crippen LogP contribution in [0.1, 0.15) is 60.9 Å². The van der Waals surface area contributed by atoms with Crippen LogP contribution < -0.4 is 0 Å². The van der Waals surface area contributed by atoms with E-state index in [-0.39, 0.29) is 0 Å². The Labute approximate surface area is 122 Å². The minimum absolute atomic E-state index is 0.350. The highest BCUT2D eigenvalue weighted by atomic mass is 16.5. The summed E-state index contributed by atoms with van der Waals surface area (Å²) in [5, 5.41) is 8.15. The SMILES string of the molecule is Cc1nc(CN2CCCC(c3noc(C4CC4)n3)C2)no1. The fraction of sp³-hybridized carbons (Fsp3) is 0.714. The average Bonchev–Trinajstić information content (AvgIpc) is 3.07. The van der Waals surface area contributed by atoms with Crippen molar-refractivity contribution < 1.29 is 9.05 Å². The van der Waals surface area contributed by atoms with Crippen LogP contribution in [0.15, 0.2) is 9.05 Å². The zero-order valence-corrected chi connectivity index (χ0v) is 12.2. The molecule has 21 heavy (non-hydrogen) atoms. The van der Waals surface area contributed by atoms with E-state index in [1.54, 1.807) is 0 Å². The monoisotopic (exact) mass is 289 g/mol. The highest BCUT2D eigenvalue weighted by Gasteiger charge is 2.32. The first-order valence-electron chi connectivity index (χ1n) is 7.63. The van der Waals surface area contributed by atoms with Crippen molar-refractivity contribution in [2.45, 2.75) is 51.0 Å². The fourth-order valence-electron chi connectivity index (χ4n) is 2.92. The second-order valence-electron chi connectivity index (χ2n) is 6.07. The average molecular weight is 289 g/mol. The molecule has 0 radical (unpaired) electrons. The molecule has 7 heteroatoms. The molecule has 2 aromatic rings. The summed E-state index contributed by atoms with van der Waals surface area (Å²) in [7, 11) is 0. The van der Waals surface area contributed by atoms with E-state index in [1.165, 1.54) is 12.8 Å². The first-order chi connectivity index (χ1) is 10.3. The Bertz CT molecular complexity index is 618. The lowest BCUT2D eigenvalue weighted by Crippen LogP contribution is -2.34. The molecule has 1 aliphatic heterocycles. The topological polar surface area (TPSA) is 81.1 Å². The van der Waals surface area contributed by atoms with Gasteiger partial charge in [0.05, 0.1) is 6.54 Å². The lowest BCUT2D eigenvalue weighted by Gasteiger charge is -2.30. The van der Waals surface area contributed by atoms with Crippen molar-refractivity contribution in [2.24, 2.45) is 0 Å². The van der Waals surface area contributed by atoms with Crippen LogP contribution in [-0.4, -0.2) is 38.3 Å². The predicted octanol–water partition coefficient (Wildman–Crippen LogP) is 2.02. The molecule has 2 fully saturated rings. The van der Waals surface area contributed by atoms with Crippen LogP contribution in [-0.2, 0) is 6.54 Å². The lowest BCUT2D eigenvalue weighted by atomic mass is 9.97. The summed E-state index contributed by atoms with van der Waals surface area (Å²) in [6.07, 6.45) is 4.63. The predicted molar refractivity (Wildman–Crippen MR) is 72.6 cm³/mol. The molecule has 7 nitrogen and oxygen atoms in total. The van der Waals surface area contributed by atoms with E-state index in [1.807, 2.05) is 6.92 Å². The third-order valence-electron chi connectivity index (χ3n) is 4.19. The fourth-order valence-corrected chi connectivity index (χ4v) is 2.92. The molecule has 0 N–H and O–H groups in total. The molecule has 112 valence electrons. The molecular weight excluding hydrogens is 270 g/mol. The van der Waals surface area contributed by atoms with Crippen LogP contribution >= 0.6 is 0 Å². The highest BCUT2D eigenvalue weighted by molar-refractivity contribution is 5.05. The van der Waals surface area contributed by atoms with E-state index in [2.05, 4.69) is 25.2 Å². The Morgan fingerprint density at radius 2 is 2.00 bits per heavy atom. The summed E-state index contributed by atoms with van der Waals surface area (Å²) in [6, 6.07) is 0. The zero-order valence-electron chi connectivity index (χ0n) is 12.2. The third kappa shape index (κ3) is 2.83. The first kappa shape index (κ1) is 12.9. The summed E-state index contributed by atoms with van der Waals surface area (Å²) in [5.74, 6) is 3.93. The van der Waals surface area contributed by atoms with Gasteiger partial charge >= 0.3 is 0 Å². The quantitative estimate of drug-likeness (QED) is 0.851. The second-order valence-corrected chi connectivity index (χ2v) is 6.07. The number of nitrogens with zero attached hydrogens (tertiary/aromatic N) is 5. The standard InChI is InChI=1S/C14H19N5O2/c1-9-15-12(17-20-9)8-19-6-2-3-11(7-19)13-16-14(21-18-13)10-4-5-10/h10-11H,2-8H2,1H3. The van der Waals surface area contributed by atoms with Crippen LogP contribution in [0.4, 0.5) is 0 Å². The maximum atomic E-state index is 5.38. The van der Waals surface area contributed by atoms with Crippen molar-refractivity contribution in [3.8, 4) is 0 Å². The number of hydrogen-bond donors (Lipinski definition) is 0. The zero-order chi connectivity index (χ0) is 14.2. The lowest BCUT2D eigenvalue weighted by molar-refractivity contribution is 0.188. The Balaban J connectivity index is 1.41. The maximum absolute atomic E-state index is 5.38. The van der Waals surface area contributed by atoms with Crippen molar-refractivity contribution in [1.29, 1.82) is 0 Å². The highest BCUT2D eigenvalue weighted by Crippen LogP contribution is 2.39. The first-order valence-corrected chi connectivity index (χ1v) is 7.63. The molecule has 0 bridgehead atoms. The summed E-state index contributed by atoms with van der Waals surface area (Å²) in [4.78, 5) is 11.2. The van der Waals surface area contributed by atoms with Gasteiger partial charge in [-0.3, -0.25) is 4.90 Å². The van der Waals surface area contributed by atoms with Gasteiger partial charge < -0.3 is 9.05 Å². The van der Waals surface area contributed by atoms with Crippen LogP contribution in [0.3, 0.4) is 0 Å². The number of hydrogen-bond acceptors (Lipinski definition) is 7. The molecule has 2 aromatic heterocycles. The van der Waals surface area contributed by atoms with E-state index in [4.69, 9.17) is 9.05 Å². The Kier molecular flexibility index (Phi) is 3.21. The Morgan fingerprint density at radius 1 is 1.10 bits per heavy atom. The summed E-state index contributed by atoms with van der Waals surface area (Å²) < 4.78 is 10.4. The molecule has 0 spiro atoms. The number of piperidine rings is 1. The molecule has 4 rings (SSSR count). The molecule has 1 saturated heterocycles. The Hall–Kier alpha value is -1.76. The molecule has 3 heterocycles. The van der Waals surface area contributed by atoms with Crippen molar-refractivity contribution >= 4 is 0 Å². The van der Waals surface area contributed by atoms with Crippen LogP contribution in [0.25, 0.3) is 0 Å². The van der Waals surface area contributed by atoms with Crippen molar-refractivity contribution in [1.82, 2.24) is 25.2 Å². The molecule has 1 atom stereocenters. The van der Waals surface area contributed by atoms with Gasteiger partial charge in [-0.1, -0.05) is 10.3 Å². The summed E-state index contributed by atoms with van der Waals surface area (Å²) >= 11 is 0. The van der Waals surface area contributed by atoms with Gasteiger partial charge in [-0.25, -0.2) is 0 Å². The molecule has 1 saturated carbocycles. The molecule has 0 amide bonds. The van der Waals surface area contributed by atoms with Crippen molar-refractivity contribution in [3.05, 3.63) is 23.4 Å². The number of aromatic nitrogens is 4. The molecule has 1 unspecified atom stereocenters. The number of aryl methyl sites for hydroxylation is 1. The van der Waals surface area contributed by atoms with E-state index in [0.29, 0.717) is 17.7 Å². The number of rotatable bonds is 4. The van der Waals surface area contributed by atoms with Gasteiger partial charge in [0.2, 0.25) is 11.8 Å². The van der Waals surface area contributed by atoms with E-state index < -0.39 is 0 Å². The van der Waals surface area contributed by atoms with Crippen LogP contribution in [0.5, 0.6) is 0 Å². The summed E-state index contributed by atoms with van der Waals surface area (Å²) in [5.41, 5.74) is 0. The summed E-state index contributed by atoms with van der Waals surface area (Å²) in [6.45, 7) is 4.52. The van der Waals surface area contributed by atoms with Gasteiger partial charge in [0.25, 0.3) is 0 Å². The van der Waals surface area contributed by atoms with Crippen LogP contribution in [0.2, 0.25) is 0 Å². The third-order valence-corrected chi connectivity index (χ3v) is 4.19. The second kappa shape index (κ2) is 5.22. The van der Waals surface area contributed by atoms with Crippen molar-refractivity contribution in [2.75, 3.05) is 13.1 Å². The molecular formula is C14H19N5O2. The van der Waals surface area contributed by atoms with E-state index >= 15 is 0 Å². The molecule has 2 aliphatic rings. The van der Waals surface area contributed by atoms with Gasteiger partial charge in [-0.15, -0.1) is 0 Å². The minimum Gasteiger partial charge on any atom is -0.340 e. The minimum atomic E-state index is 0.350. The van der Waals surface area contributed by atoms with Gasteiger partial charge in [0.15, 0.2) is 11.6 Å². The molecule has 0 aromatic carbocycles. The number of likely N-dealkylation sites (tertiary alicyclic amines) is 1. The van der Waals surface area contributed by atoms with Crippen molar-refractivity contribution in [3.63, 3.8) is 0 Å². The van der Waals surface area contributed by atoms with Gasteiger partial charge in [-0.05, 0) is 32.2 Å². The van der Waals surface area contributed by atoms with Crippen LogP contribution in [0, 0.1) is 6.92 Å². The molecule has 1 aliphatic carbocycles. The van der Waals surface area contributed by atoms with E-state index in [0.717, 1.165) is 50.0 Å². The normalized spacial score (nSPS) is 23.6. The van der Waals surface area contributed by atoms with E-state index in [9.17, 15) is 0 Å². The maximum Gasteiger partial charge on any atom is 0.229 e.